The molecule has 0 aliphatic carbocycles. The molecule has 1 aliphatic heterocycles. The molecule has 1 amide bonds. The molecule has 0 radical (unpaired) electrons. The maximum atomic E-state index is 13.6. The molecule has 3 nitrogen and oxygen atoms in total. The highest BCUT2D eigenvalue weighted by Gasteiger charge is 2.30. The van der Waals surface area contributed by atoms with Gasteiger partial charge in [-0.1, -0.05) is 48.5 Å². The van der Waals surface area contributed by atoms with Crippen molar-refractivity contribution in [3.8, 4) is 0 Å². The van der Waals surface area contributed by atoms with Crippen LogP contribution in [0, 0.1) is 5.82 Å². The first kappa shape index (κ1) is 16.7. The second kappa shape index (κ2) is 7.58. The van der Waals surface area contributed by atoms with E-state index in [0.29, 0.717) is 11.5 Å². The number of halogens is 1. The lowest BCUT2D eigenvalue weighted by atomic mass is 9.99. The van der Waals surface area contributed by atoms with Crippen molar-refractivity contribution in [2.24, 2.45) is 0 Å². The first-order valence-electron chi connectivity index (χ1n) is 8.45. The van der Waals surface area contributed by atoms with Crippen molar-refractivity contribution in [2.45, 2.75) is 31.8 Å². The molecule has 0 bridgehead atoms. The smallest absolute Gasteiger partial charge is 0.237 e. The van der Waals surface area contributed by atoms with Gasteiger partial charge in [0.1, 0.15) is 5.82 Å². The Morgan fingerprint density at radius 1 is 1.21 bits per heavy atom. The van der Waals surface area contributed by atoms with E-state index in [9.17, 15) is 9.18 Å². The van der Waals surface area contributed by atoms with E-state index in [-0.39, 0.29) is 24.3 Å². The predicted molar refractivity (Wildman–Crippen MR) is 93.1 cm³/mol. The molecule has 1 heterocycles. The molecule has 0 saturated carbocycles. The quantitative estimate of drug-likeness (QED) is 0.914. The van der Waals surface area contributed by atoms with Crippen LogP contribution in [0.15, 0.2) is 54.6 Å². The number of amides is 1. The second-order valence-corrected chi connectivity index (χ2v) is 6.38. The van der Waals surface area contributed by atoms with E-state index in [0.717, 1.165) is 19.5 Å². The van der Waals surface area contributed by atoms with Crippen molar-refractivity contribution in [1.29, 1.82) is 0 Å². The summed E-state index contributed by atoms with van der Waals surface area (Å²) in [6.45, 7) is 3.95. The van der Waals surface area contributed by atoms with Crippen molar-refractivity contribution in [3.05, 3.63) is 71.5 Å². The van der Waals surface area contributed by atoms with Gasteiger partial charge in [-0.05, 0) is 37.4 Å². The second-order valence-electron chi connectivity index (χ2n) is 6.38. The first-order chi connectivity index (χ1) is 11.6. The summed E-state index contributed by atoms with van der Waals surface area (Å²) < 4.78 is 13.6. The number of nitrogens with zero attached hydrogens (tertiary/aromatic N) is 1. The molecule has 0 spiro atoms. The third-order valence-corrected chi connectivity index (χ3v) is 4.83. The minimum atomic E-state index is -0.282. The maximum absolute atomic E-state index is 13.6. The molecular weight excluding hydrogens is 303 g/mol. The van der Waals surface area contributed by atoms with Crippen LogP contribution in [0.1, 0.15) is 30.4 Å². The van der Waals surface area contributed by atoms with E-state index in [2.05, 4.69) is 34.5 Å². The van der Waals surface area contributed by atoms with Gasteiger partial charge in [-0.25, -0.2) is 4.39 Å². The Morgan fingerprint density at radius 3 is 2.67 bits per heavy atom. The molecule has 1 N–H and O–H groups in total. The molecule has 24 heavy (non-hydrogen) atoms. The van der Waals surface area contributed by atoms with E-state index in [4.69, 9.17) is 0 Å². The van der Waals surface area contributed by atoms with E-state index >= 15 is 0 Å². The fourth-order valence-electron chi connectivity index (χ4n) is 3.27. The number of hydrogen-bond donors (Lipinski definition) is 1. The van der Waals surface area contributed by atoms with Gasteiger partial charge in [-0.15, -0.1) is 0 Å². The van der Waals surface area contributed by atoms with Gasteiger partial charge in [-0.3, -0.25) is 9.69 Å². The number of likely N-dealkylation sites (tertiary alicyclic amines) is 1. The molecule has 3 rings (SSSR count). The standard InChI is InChI=1S/C20H23FN2O/c1-15(20(24)22-13-17-9-5-6-10-19(17)21)23-12-11-18(14-23)16-7-3-2-4-8-16/h2-10,15,18H,11-14H2,1H3,(H,22,24)/t15-,18-/m1/s1. The van der Waals surface area contributed by atoms with Crippen molar-refractivity contribution in [3.63, 3.8) is 0 Å². The zero-order chi connectivity index (χ0) is 16.9. The number of benzene rings is 2. The van der Waals surface area contributed by atoms with Crippen LogP contribution in [-0.2, 0) is 11.3 Å². The third-order valence-electron chi connectivity index (χ3n) is 4.83. The molecule has 1 saturated heterocycles. The molecule has 126 valence electrons. The van der Waals surface area contributed by atoms with Crippen molar-refractivity contribution >= 4 is 5.91 Å². The van der Waals surface area contributed by atoms with Gasteiger partial charge in [0.15, 0.2) is 0 Å². The van der Waals surface area contributed by atoms with Gasteiger partial charge < -0.3 is 5.32 Å². The van der Waals surface area contributed by atoms with E-state index < -0.39 is 0 Å². The van der Waals surface area contributed by atoms with Crippen LogP contribution < -0.4 is 5.32 Å². The van der Waals surface area contributed by atoms with Crippen LogP contribution in [-0.4, -0.2) is 29.9 Å². The Balaban J connectivity index is 1.54. The van der Waals surface area contributed by atoms with Gasteiger partial charge in [0.25, 0.3) is 0 Å². The normalized spacial score (nSPS) is 19.2. The summed E-state index contributed by atoms with van der Waals surface area (Å²) in [7, 11) is 0. The molecule has 1 aliphatic rings. The number of hydrogen-bond acceptors (Lipinski definition) is 2. The summed E-state index contributed by atoms with van der Waals surface area (Å²) in [5.41, 5.74) is 1.85. The summed E-state index contributed by atoms with van der Waals surface area (Å²) >= 11 is 0. The van der Waals surface area contributed by atoms with Crippen LogP contribution in [0.4, 0.5) is 4.39 Å². The lowest BCUT2D eigenvalue weighted by molar-refractivity contribution is -0.125. The van der Waals surface area contributed by atoms with Gasteiger partial charge in [0, 0.05) is 18.7 Å². The van der Waals surface area contributed by atoms with Crippen molar-refractivity contribution in [2.75, 3.05) is 13.1 Å². The molecule has 4 heteroatoms. The summed E-state index contributed by atoms with van der Waals surface area (Å²) in [5, 5.41) is 2.85. The Bertz CT molecular complexity index is 689. The number of nitrogens with one attached hydrogen (secondary N) is 1. The topological polar surface area (TPSA) is 32.3 Å². The predicted octanol–water partition coefficient (Wildman–Crippen LogP) is 3.32. The first-order valence-corrected chi connectivity index (χ1v) is 8.45. The maximum Gasteiger partial charge on any atom is 0.237 e. The fourth-order valence-corrected chi connectivity index (χ4v) is 3.27. The van der Waals surface area contributed by atoms with E-state index in [1.807, 2.05) is 13.0 Å². The minimum absolute atomic E-state index is 0.0491. The van der Waals surface area contributed by atoms with E-state index in [1.165, 1.54) is 11.6 Å². The Kier molecular flexibility index (Phi) is 5.26. The monoisotopic (exact) mass is 326 g/mol. The summed E-state index contributed by atoms with van der Waals surface area (Å²) in [6.07, 6.45) is 1.06. The van der Waals surface area contributed by atoms with Crippen LogP contribution in [0.5, 0.6) is 0 Å². The highest BCUT2D eigenvalue weighted by molar-refractivity contribution is 5.81. The zero-order valence-corrected chi connectivity index (χ0v) is 13.9. The van der Waals surface area contributed by atoms with Crippen molar-refractivity contribution in [1.82, 2.24) is 10.2 Å². The van der Waals surface area contributed by atoms with Gasteiger partial charge >= 0.3 is 0 Å². The highest BCUT2D eigenvalue weighted by Crippen LogP contribution is 2.28. The molecule has 1 fully saturated rings. The van der Waals surface area contributed by atoms with Crippen LogP contribution in [0.3, 0.4) is 0 Å². The molecule has 2 aromatic rings. The minimum Gasteiger partial charge on any atom is -0.351 e. The van der Waals surface area contributed by atoms with E-state index in [1.54, 1.807) is 18.2 Å². The van der Waals surface area contributed by atoms with Gasteiger partial charge in [-0.2, -0.15) is 0 Å². The molecule has 2 atom stereocenters. The molecule has 0 aromatic heterocycles. The van der Waals surface area contributed by atoms with Crippen LogP contribution in [0.2, 0.25) is 0 Å². The molecule has 0 unspecified atom stereocenters. The lowest BCUT2D eigenvalue weighted by Gasteiger charge is -2.23. The Morgan fingerprint density at radius 2 is 1.92 bits per heavy atom. The SMILES string of the molecule is C[C@H](C(=O)NCc1ccccc1F)N1CC[C@@H](c2ccccc2)C1. The zero-order valence-electron chi connectivity index (χ0n) is 13.9. The number of carbonyl (C=O) groups excluding carboxylic acids is 1. The Hall–Kier alpha value is -2.20. The number of carbonyl (C=O) groups is 1. The van der Waals surface area contributed by atoms with Gasteiger partial charge in [0.05, 0.1) is 6.04 Å². The highest BCUT2D eigenvalue weighted by atomic mass is 19.1. The van der Waals surface area contributed by atoms with Crippen LogP contribution in [0.25, 0.3) is 0 Å². The van der Waals surface area contributed by atoms with Crippen molar-refractivity contribution < 1.29 is 9.18 Å². The van der Waals surface area contributed by atoms with Gasteiger partial charge in [0.2, 0.25) is 5.91 Å². The third kappa shape index (κ3) is 3.82. The lowest BCUT2D eigenvalue weighted by Crippen LogP contribution is -2.43. The average molecular weight is 326 g/mol. The number of rotatable bonds is 5. The summed E-state index contributed by atoms with van der Waals surface area (Å²) in [4.78, 5) is 14.6. The largest absolute Gasteiger partial charge is 0.351 e. The Labute approximate surface area is 142 Å². The van der Waals surface area contributed by atoms with Crippen LogP contribution >= 0.6 is 0 Å². The fraction of sp³-hybridized carbons (Fsp3) is 0.350. The molecular formula is C20H23FN2O. The molecule has 2 aromatic carbocycles. The summed E-state index contributed by atoms with van der Waals surface area (Å²) in [6, 6.07) is 16.8. The summed E-state index contributed by atoms with van der Waals surface area (Å²) in [5.74, 6) is 0.149. The average Bonchev–Trinajstić information content (AvgIpc) is 3.11.